The van der Waals surface area contributed by atoms with Gasteiger partial charge in [-0.2, -0.15) is 27.1 Å². The second-order valence-corrected chi connectivity index (χ2v) is 12.0. The van der Waals surface area contributed by atoms with E-state index in [1.807, 2.05) is 0 Å². The summed E-state index contributed by atoms with van der Waals surface area (Å²) in [5, 5.41) is 7.19. The number of benzene rings is 1. The van der Waals surface area contributed by atoms with Crippen molar-refractivity contribution in [2.24, 2.45) is 0 Å². The minimum atomic E-state index is -4.59. The largest absolute Gasteiger partial charge is 0.435 e. The molecule has 39 heavy (non-hydrogen) atoms. The minimum absolute atomic E-state index is 0.0509. The standard InChI is InChI=1S/C24H23F5N4O5S/c1-23(11-39(35,36)12-23)31-21(34)14-8-17-20(30-10-14)19(13-3-2-4-16(7-13)38-22(25)26)32-33(17)15-5-6-37-18(9-15)24(27,28)29/h2-4,7-8,10,15,18,22H,5-6,9,11-12H2,1H3,(H,31,34)/t15?,18-/m0/s1. The third-order valence-corrected chi connectivity index (χ3v) is 8.75. The van der Waals surface area contributed by atoms with E-state index in [-0.39, 0.29) is 52.6 Å². The molecule has 4 heterocycles. The number of carbonyl (C=O) groups excluding carboxylic acids is 1. The lowest BCUT2D eigenvalue weighted by atomic mass is 10.0. The van der Waals surface area contributed by atoms with Crippen LogP contribution < -0.4 is 10.1 Å². The van der Waals surface area contributed by atoms with Crippen LogP contribution in [0.1, 0.15) is 36.2 Å². The number of sulfone groups is 1. The SMILES string of the molecule is CC1(NC(=O)c2cnc3c(-c4cccc(OC(F)F)c4)nn(C4CCO[C@H](C(F)(F)F)C4)c3c2)CS(=O)(=O)C1. The smallest absolute Gasteiger partial charge is 0.414 e. The first-order chi connectivity index (χ1) is 18.2. The van der Waals surface area contributed by atoms with Gasteiger partial charge in [0.1, 0.15) is 17.0 Å². The topological polar surface area (TPSA) is 112 Å². The van der Waals surface area contributed by atoms with Gasteiger partial charge in [0.2, 0.25) is 0 Å². The predicted octanol–water partition coefficient (Wildman–Crippen LogP) is 3.90. The summed E-state index contributed by atoms with van der Waals surface area (Å²) in [6.07, 6.45) is -5.59. The molecular formula is C24H23F5N4O5S. The average molecular weight is 575 g/mol. The molecule has 1 amide bonds. The van der Waals surface area contributed by atoms with Crippen molar-refractivity contribution in [3.05, 3.63) is 42.1 Å². The third-order valence-electron chi connectivity index (χ3n) is 6.60. The zero-order chi connectivity index (χ0) is 28.2. The van der Waals surface area contributed by atoms with Crippen molar-refractivity contribution in [3.8, 4) is 17.0 Å². The normalized spacial score (nSPS) is 22.4. The van der Waals surface area contributed by atoms with Crippen molar-refractivity contribution in [3.63, 3.8) is 0 Å². The molecule has 2 aliphatic rings. The average Bonchev–Trinajstić information content (AvgIpc) is 3.21. The minimum Gasteiger partial charge on any atom is -0.435 e. The molecule has 2 aromatic heterocycles. The number of pyridine rings is 1. The molecule has 2 atom stereocenters. The zero-order valence-electron chi connectivity index (χ0n) is 20.4. The van der Waals surface area contributed by atoms with E-state index in [1.54, 1.807) is 13.0 Å². The molecule has 5 rings (SSSR count). The fourth-order valence-corrected chi connectivity index (χ4v) is 7.01. The monoisotopic (exact) mass is 574 g/mol. The first kappa shape index (κ1) is 27.2. The van der Waals surface area contributed by atoms with Crippen molar-refractivity contribution < 1.29 is 44.6 Å². The molecule has 15 heteroatoms. The number of nitrogens with one attached hydrogen (secondary N) is 1. The van der Waals surface area contributed by atoms with E-state index < -0.39 is 52.6 Å². The molecule has 2 aliphatic heterocycles. The summed E-state index contributed by atoms with van der Waals surface area (Å²) in [6.45, 7) is -1.65. The summed E-state index contributed by atoms with van der Waals surface area (Å²) < 4.78 is 99.8. The van der Waals surface area contributed by atoms with E-state index in [9.17, 15) is 35.2 Å². The van der Waals surface area contributed by atoms with Gasteiger partial charge >= 0.3 is 12.8 Å². The Morgan fingerprint density at radius 2 is 2.00 bits per heavy atom. The lowest BCUT2D eigenvalue weighted by Gasteiger charge is -2.38. The molecule has 0 aliphatic carbocycles. The van der Waals surface area contributed by atoms with Crippen molar-refractivity contribution >= 4 is 26.8 Å². The number of nitrogens with zero attached hydrogens (tertiary/aromatic N) is 3. The fourth-order valence-electron chi connectivity index (χ4n) is 5.01. The second kappa shape index (κ2) is 9.70. The molecule has 2 saturated heterocycles. The van der Waals surface area contributed by atoms with E-state index in [0.717, 1.165) is 0 Å². The third kappa shape index (κ3) is 5.69. The van der Waals surface area contributed by atoms with Gasteiger partial charge in [-0.05, 0) is 31.5 Å². The Kier molecular flexibility index (Phi) is 6.77. The summed E-state index contributed by atoms with van der Waals surface area (Å²) in [6, 6.07) is 6.30. The van der Waals surface area contributed by atoms with E-state index in [1.165, 1.54) is 35.1 Å². The number of amides is 1. The van der Waals surface area contributed by atoms with Crippen LogP contribution in [0.4, 0.5) is 22.0 Å². The Morgan fingerprint density at radius 1 is 1.26 bits per heavy atom. The number of ether oxygens (including phenoxy) is 2. The van der Waals surface area contributed by atoms with Gasteiger partial charge in [-0.25, -0.2) is 8.42 Å². The summed E-state index contributed by atoms with van der Waals surface area (Å²) in [4.78, 5) is 17.3. The Bertz CT molecular complexity index is 1510. The predicted molar refractivity (Wildman–Crippen MR) is 128 cm³/mol. The number of hydrogen-bond acceptors (Lipinski definition) is 7. The number of fused-ring (bicyclic) bond motifs is 1. The van der Waals surface area contributed by atoms with Gasteiger partial charge in [0.05, 0.1) is 34.2 Å². The summed E-state index contributed by atoms with van der Waals surface area (Å²) in [5.41, 5.74) is 0.0967. The van der Waals surface area contributed by atoms with Crippen LogP contribution in [0.3, 0.4) is 0 Å². The molecular weight excluding hydrogens is 551 g/mol. The van der Waals surface area contributed by atoms with E-state index in [2.05, 4.69) is 20.1 Å². The molecule has 0 bridgehead atoms. The van der Waals surface area contributed by atoms with Gasteiger partial charge in [0.15, 0.2) is 15.9 Å². The van der Waals surface area contributed by atoms with Crippen molar-refractivity contribution in [1.82, 2.24) is 20.1 Å². The van der Waals surface area contributed by atoms with Crippen LogP contribution in [0.25, 0.3) is 22.3 Å². The molecule has 1 aromatic carbocycles. The Morgan fingerprint density at radius 3 is 2.67 bits per heavy atom. The zero-order valence-corrected chi connectivity index (χ0v) is 21.2. The molecule has 3 aromatic rings. The second-order valence-electron chi connectivity index (χ2n) is 9.92. The molecule has 9 nitrogen and oxygen atoms in total. The number of rotatable bonds is 6. The summed E-state index contributed by atoms with van der Waals surface area (Å²) >= 11 is 0. The molecule has 1 N–H and O–H groups in total. The van der Waals surface area contributed by atoms with Gasteiger partial charge in [0.25, 0.3) is 5.91 Å². The highest BCUT2D eigenvalue weighted by atomic mass is 32.2. The number of alkyl halides is 5. The van der Waals surface area contributed by atoms with E-state index >= 15 is 0 Å². The number of carbonyl (C=O) groups is 1. The maximum atomic E-state index is 13.4. The maximum Gasteiger partial charge on any atom is 0.414 e. The van der Waals surface area contributed by atoms with Gasteiger partial charge < -0.3 is 14.8 Å². The van der Waals surface area contributed by atoms with Crippen LogP contribution in [0, 0.1) is 0 Å². The van der Waals surface area contributed by atoms with Crippen LogP contribution >= 0.6 is 0 Å². The summed E-state index contributed by atoms with van der Waals surface area (Å²) in [5.74, 6) is -1.19. The Hall–Kier alpha value is -3.33. The highest BCUT2D eigenvalue weighted by Gasteiger charge is 2.46. The molecule has 1 unspecified atom stereocenters. The molecule has 0 radical (unpaired) electrons. The quantitative estimate of drug-likeness (QED) is 0.445. The fraction of sp³-hybridized carbons (Fsp3) is 0.458. The van der Waals surface area contributed by atoms with Crippen LogP contribution in [0.5, 0.6) is 5.75 Å². The van der Waals surface area contributed by atoms with Gasteiger partial charge in [-0.15, -0.1) is 0 Å². The lowest BCUT2D eigenvalue weighted by molar-refractivity contribution is -0.234. The molecule has 0 saturated carbocycles. The lowest BCUT2D eigenvalue weighted by Crippen LogP contribution is -2.63. The van der Waals surface area contributed by atoms with E-state index in [4.69, 9.17) is 4.74 Å². The number of hydrogen-bond donors (Lipinski definition) is 1. The van der Waals surface area contributed by atoms with Gasteiger partial charge in [0, 0.05) is 24.8 Å². The first-order valence-corrected chi connectivity index (χ1v) is 13.7. The van der Waals surface area contributed by atoms with Crippen LogP contribution in [0.15, 0.2) is 36.5 Å². The van der Waals surface area contributed by atoms with Crippen molar-refractivity contribution in [2.45, 2.75) is 50.2 Å². The highest BCUT2D eigenvalue weighted by Crippen LogP contribution is 2.38. The highest BCUT2D eigenvalue weighted by molar-refractivity contribution is 7.93. The van der Waals surface area contributed by atoms with Crippen LogP contribution in [0.2, 0.25) is 0 Å². The Labute approximate surface area is 219 Å². The number of halogens is 5. The van der Waals surface area contributed by atoms with Crippen molar-refractivity contribution in [1.29, 1.82) is 0 Å². The van der Waals surface area contributed by atoms with Crippen LogP contribution in [-0.4, -0.2) is 71.6 Å². The Balaban J connectivity index is 1.56. The molecule has 0 spiro atoms. The van der Waals surface area contributed by atoms with Crippen molar-refractivity contribution in [2.75, 3.05) is 18.1 Å². The van der Waals surface area contributed by atoms with Crippen LogP contribution in [-0.2, 0) is 14.6 Å². The van der Waals surface area contributed by atoms with E-state index in [0.29, 0.717) is 5.56 Å². The number of aromatic nitrogens is 3. The van der Waals surface area contributed by atoms with Gasteiger partial charge in [-0.1, -0.05) is 12.1 Å². The molecule has 2 fully saturated rings. The summed E-state index contributed by atoms with van der Waals surface area (Å²) in [7, 11) is -3.23. The first-order valence-electron chi connectivity index (χ1n) is 11.9. The molecule has 210 valence electrons. The maximum absolute atomic E-state index is 13.4. The van der Waals surface area contributed by atoms with Gasteiger partial charge in [-0.3, -0.25) is 14.5 Å².